The molecule has 0 spiro atoms. The highest BCUT2D eigenvalue weighted by Gasteiger charge is 2.32. The van der Waals surface area contributed by atoms with E-state index in [1.54, 1.807) is 11.3 Å². The second-order valence-corrected chi connectivity index (χ2v) is 7.60. The van der Waals surface area contributed by atoms with E-state index in [4.69, 9.17) is 16.3 Å². The minimum atomic E-state index is -0.239. The molecule has 0 unspecified atom stereocenters. The van der Waals surface area contributed by atoms with E-state index < -0.39 is 0 Å². The van der Waals surface area contributed by atoms with Crippen molar-refractivity contribution in [2.45, 2.75) is 45.4 Å². The summed E-state index contributed by atoms with van der Waals surface area (Å²) < 4.78 is 5.91. The second kappa shape index (κ2) is 8.94. The highest BCUT2D eigenvalue weighted by atomic mass is 35.5. The number of ether oxygens (including phenoxy) is 1. The number of likely N-dealkylation sites (tertiary alicyclic amines) is 1. The van der Waals surface area contributed by atoms with E-state index in [0.717, 1.165) is 31.7 Å². The van der Waals surface area contributed by atoms with Crippen LogP contribution in [0, 0.1) is 0 Å². The Morgan fingerprint density at radius 3 is 3.04 bits per heavy atom. The number of thiazole rings is 1. The first kappa shape index (κ1) is 19.3. The molecule has 0 saturated carbocycles. The Morgan fingerprint density at radius 2 is 2.38 bits per heavy atom. The molecule has 0 bridgehead atoms. The first-order chi connectivity index (χ1) is 12.6. The Bertz CT molecular complexity index is 721. The van der Waals surface area contributed by atoms with Crippen molar-refractivity contribution < 1.29 is 9.53 Å². The lowest BCUT2D eigenvalue weighted by Gasteiger charge is -2.38. The van der Waals surface area contributed by atoms with Crippen LogP contribution in [-0.2, 0) is 17.7 Å². The van der Waals surface area contributed by atoms with Gasteiger partial charge in [-0.1, -0.05) is 18.5 Å². The largest absolute Gasteiger partial charge is 0.375 e. The van der Waals surface area contributed by atoms with Gasteiger partial charge in [-0.15, -0.1) is 11.3 Å². The van der Waals surface area contributed by atoms with Crippen LogP contribution in [0.15, 0.2) is 11.7 Å². The van der Waals surface area contributed by atoms with Gasteiger partial charge in [0.2, 0.25) is 0 Å². The van der Waals surface area contributed by atoms with Crippen molar-refractivity contribution in [1.82, 2.24) is 25.2 Å². The molecule has 142 valence electrons. The normalized spacial score (nSPS) is 21.0. The van der Waals surface area contributed by atoms with Crippen molar-refractivity contribution in [3.05, 3.63) is 33.3 Å². The second-order valence-electron chi connectivity index (χ2n) is 6.27. The molecule has 0 aromatic carbocycles. The summed E-state index contributed by atoms with van der Waals surface area (Å²) in [6, 6.07) is -0.0471. The number of aromatic amines is 1. The van der Waals surface area contributed by atoms with Gasteiger partial charge in [-0.25, -0.2) is 4.98 Å². The molecule has 1 aliphatic heterocycles. The molecule has 2 N–H and O–H groups in total. The fourth-order valence-corrected chi connectivity index (χ4v) is 4.08. The number of aromatic nitrogens is 3. The summed E-state index contributed by atoms with van der Waals surface area (Å²) in [4.78, 5) is 27.4. The number of rotatable bonds is 7. The standard InChI is InChI=1S/C17H24ClN5O2S/c1-3-12-15(18)22-16(20-12)17(24)21-13-5-6-23(9-14(13)25-4-2)8-11-7-19-10-26-11/h7,10,13-14H,3-6,8-9H2,1-2H3,(H,20,22)(H,21,24)/t13-,14+/m1/s1. The van der Waals surface area contributed by atoms with Crippen LogP contribution in [0.4, 0.5) is 0 Å². The molecule has 1 saturated heterocycles. The number of amides is 1. The summed E-state index contributed by atoms with van der Waals surface area (Å²) in [6.07, 6.45) is 3.38. The lowest BCUT2D eigenvalue weighted by molar-refractivity contribution is -0.0175. The lowest BCUT2D eigenvalue weighted by Crippen LogP contribution is -2.55. The van der Waals surface area contributed by atoms with Gasteiger partial charge in [0.05, 0.1) is 23.4 Å². The van der Waals surface area contributed by atoms with Gasteiger partial charge in [0, 0.05) is 37.3 Å². The summed E-state index contributed by atoms with van der Waals surface area (Å²) in [5, 5.41) is 3.42. The average molecular weight is 398 g/mol. The quantitative estimate of drug-likeness (QED) is 0.750. The van der Waals surface area contributed by atoms with Crippen LogP contribution in [0.25, 0.3) is 0 Å². The van der Waals surface area contributed by atoms with E-state index in [1.165, 1.54) is 4.88 Å². The first-order valence-electron chi connectivity index (χ1n) is 8.87. The first-order valence-corrected chi connectivity index (χ1v) is 10.1. The van der Waals surface area contributed by atoms with Crippen LogP contribution in [0.3, 0.4) is 0 Å². The van der Waals surface area contributed by atoms with E-state index in [2.05, 4.69) is 25.2 Å². The molecule has 1 fully saturated rings. The number of aryl methyl sites for hydroxylation is 1. The third kappa shape index (κ3) is 4.62. The zero-order valence-corrected chi connectivity index (χ0v) is 16.6. The van der Waals surface area contributed by atoms with Crippen LogP contribution in [0.2, 0.25) is 5.15 Å². The number of carbonyl (C=O) groups excluding carboxylic acids is 1. The van der Waals surface area contributed by atoms with Crippen molar-refractivity contribution in [2.75, 3.05) is 19.7 Å². The number of nitrogens with one attached hydrogen (secondary N) is 2. The Kier molecular flexibility index (Phi) is 6.63. The molecule has 2 aromatic heterocycles. The maximum absolute atomic E-state index is 12.5. The molecule has 9 heteroatoms. The minimum absolute atomic E-state index is 0.0471. The van der Waals surface area contributed by atoms with Gasteiger partial charge in [-0.2, -0.15) is 0 Å². The van der Waals surface area contributed by atoms with Crippen LogP contribution in [-0.4, -0.2) is 57.6 Å². The van der Waals surface area contributed by atoms with E-state index >= 15 is 0 Å². The molecule has 3 rings (SSSR count). The van der Waals surface area contributed by atoms with E-state index in [1.807, 2.05) is 25.6 Å². The molecular weight excluding hydrogens is 374 g/mol. The Hall–Kier alpha value is -1.48. The summed E-state index contributed by atoms with van der Waals surface area (Å²) in [5.74, 6) is 0.0198. The van der Waals surface area contributed by atoms with Gasteiger partial charge in [0.25, 0.3) is 5.91 Å². The molecular formula is C17H24ClN5O2S. The number of nitrogens with zero attached hydrogens (tertiary/aromatic N) is 3. The van der Waals surface area contributed by atoms with Gasteiger partial charge in [0.1, 0.15) is 0 Å². The van der Waals surface area contributed by atoms with Gasteiger partial charge in [0.15, 0.2) is 11.0 Å². The molecule has 7 nitrogen and oxygen atoms in total. The van der Waals surface area contributed by atoms with E-state index in [-0.39, 0.29) is 23.9 Å². The molecule has 0 radical (unpaired) electrons. The van der Waals surface area contributed by atoms with E-state index in [9.17, 15) is 4.79 Å². The third-order valence-corrected chi connectivity index (χ3v) is 5.58. The highest BCUT2D eigenvalue weighted by molar-refractivity contribution is 7.09. The molecule has 2 aromatic rings. The van der Waals surface area contributed by atoms with Crippen molar-refractivity contribution >= 4 is 28.8 Å². The number of hydrogen-bond donors (Lipinski definition) is 2. The van der Waals surface area contributed by atoms with Crippen LogP contribution < -0.4 is 5.32 Å². The number of imidazole rings is 1. The fourth-order valence-electron chi connectivity index (χ4n) is 3.18. The molecule has 0 aliphatic carbocycles. The van der Waals surface area contributed by atoms with Crippen molar-refractivity contribution in [1.29, 1.82) is 0 Å². The summed E-state index contributed by atoms with van der Waals surface area (Å²) in [7, 11) is 0. The molecule has 1 amide bonds. The van der Waals surface area contributed by atoms with Crippen molar-refractivity contribution in [3.8, 4) is 0 Å². The lowest BCUT2D eigenvalue weighted by atomic mass is 10.0. The predicted molar refractivity (Wildman–Crippen MR) is 102 cm³/mol. The predicted octanol–water partition coefficient (Wildman–Crippen LogP) is 2.49. The van der Waals surface area contributed by atoms with Gasteiger partial charge in [-0.3, -0.25) is 14.7 Å². The number of piperidine rings is 1. The maximum Gasteiger partial charge on any atom is 0.287 e. The number of carbonyl (C=O) groups is 1. The van der Waals surface area contributed by atoms with Crippen LogP contribution in [0.1, 0.15) is 41.5 Å². The Morgan fingerprint density at radius 1 is 1.54 bits per heavy atom. The summed E-state index contributed by atoms with van der Waals surface area (Å²) in [6.45, 7) is 7.08. The monoisotopic (exact) mass is 397 g/mol. The van der Waals surface area contributed by atoms with Crippen molar-refractivity contribution in [3.63, 3.8) is 0 Å². The van der Waals surface area contributed by atoms with Crippen LogP contribution >= 0.6 is 22.9 Å². The zero-order chi connectivity index (χ0) is 18.5. The molecule has 3 heterocycles. The molecule has 26 heavy (non-hydrogen) atoms. The zero-order valence-electron chi connectivity index (χ0n) is 15.0. The van der Waals surface area contributed by atoms with Gasteiger partial charge >= 0.3 is 0 Å². The number of halogens is 1. The Labute approximate surface area is 162 Å². The smallest absolute Gasteiger partial charge is 0.287 e. The third-order valence-electron chi connectivity index (χ3n) is 4.50. The SMILES string of the molecule is CCO[C@H]1CN(Cc2cncs2)CC[C@H]1NC(=O)c1nc(Cl)c(CC)[nH]1. The topological polar surface area (TPSA) is 83.1 Å². The number of hydrogen-bond acceptors (Lipinski definition) is 6. The summed E-state index contributed by atoms with van der Waals surface area (Å²) >= 11 is 7.70. The average Bonchev–Trinajstić information content (AvgIpc) is 3.26. The molecule has 2 atom stereocenters. The summed E-state index contributed by atoms with van der Waals surface area (Å²) in [5.41, 5.74) is 2.62. The maximum atomic E-state index is 12.5. The van der Waals surface area contributed by atoms with Gasteiger partial charge < -0.3 is 15.0 Å². The van der Waals surface area contributed by atoms with Crippen molar-refractivity contribution in [2.24, 2.45) is 0 Å². The minimum Gasteiger partial charge on any atom is -0.375 e. The highest BCUT2D eigenvalue weighted by Crippen LogP contribution is 2.19. The van der Waals surface area contributed by atoms with Crippen LogP contribution in [0.5, 0.6) is 0 Å². The molecule has 1 aliphatic rings. The Balaban J connectivity index is 1.62. The van der Waals surface area contributed by atoms with Gasteiger partial charge in [-0.05, 0) is 19.8 Å². The number of H-pyrrole nitrogens is 1. The fraction of sp³-hybridized carbons (Fsp3) is 0.588. The van der Waals surface area contributed by atoms with E-state index in [0.29, 0.717) is 18.2 Å².